The van der Waals surface area contributed by atoms with Gasteiger partial charge in [0.25, 0.3) is 0 Å². The van der Waals surface area contributed by atoms with E-state index < -0.39 is 6.09 Å². The van der Waals surface area contributed by atoms with E-state index in [0.717, 1.165) is 11.1 Å². The van der Waals surface area contributed by atoms with E-state index in [1.165, 1.54) is 10.1 Å². The van der Waals surface area contributed by atoms with E-state index in [0.29, 0.717) is 6.54 Å². The molecule has 0 saturated heterocycles. The molecule has 0 atom stereocenters. The Bertz CT molecular complexity index is 808. The van der Waals surface area contributed by atoms with E-state index in [-0.39, 0.29) is 6.61 Å². The Morgan fingerprint density at radius 2 is 1.96 bits per heavy atom. The molecule has 3 nitrogen and oxygen atoms in total. The van der Waals surface area contributed by atoms with Gasteiger partial charge < -0.3 is 10.1 Å². The maximum atomic E-state index is 11.6. The molecular formula is C19H17NO2S. The largest absolute Gasteiger partial charge is 0.445 e. The van der Waals surface area contributed by atoms with E-state index >= 15 is 0 Å². The Labute approximate surface area is 139 Å². The third-order valence-corrected chi connectivity index (χ3v) is 4.36. The molecule has 1 aromatic heterocycles. The zero-order valence-electron chi connectivity index (χ0n) is 12.6. The molecule has 0 aliphatic carbocycles. The minimum atomic E-state index is -0.409. The van der Waals surface area contributed by atoms with Crippen LogP contribution in [0.3, 0.4) is 0 Å². The molecule has 116 valence electrons. The third-order valence-electron chi connectivity index (χ3n) is 3.38. The van der Waals surface area contributed by atoms with Gasteiger partial charge in [0.2, 0.25) is 0 Å². The van der Waals surface area contributed by atoms with Crippen LogP contribution >= 0.6 is 11.3 Å². The summed E-state index contributed by atoms with van der Waals surface area (Å²) < 4.78 is 6.42. The first-order valence-corrected chi connectivity index (χ1v) is 8.28. The summed E-state index contributed by atoms with van der Waals surface area (Å²) in [5.41, 5.74) is 2.14. The molecule has 0 aliphatic rings. The lowest BCUT2D eigenvalue weighted by Crippen LogP contribution is -2.24. The van der Waals surface area contributed by atoms with Crippen molar-refractivity contribution >= 4 is 33.6 Å². The van der Waals surface area contributed by atoms with Crippen molar-refractivity contribution in [3.05, 3.63) is 77.2 Å². The number of benzene rings is 2. The van der Waals surface area contributed by atoms with Gasteiger partial charge in [-0.3, -0.25) is 0 Å². The molecule has 4 heteroatoms. The van der Waals surface area contributed by atoms with Gasteiger partial charge in [0.15, 0.2) is 0 Å². The topological polar surface area (TPSA) is 38.3 Å². The minimum Gasteiger partial charge on any atom is -0.445 e. The zero-order chi connectivity index (χ0) is 15.9. The van der Waals surface area contributed by atoms with Crippen molar-refractivity contribution in [2.45, 2.75) is 6.61 Å². The van der Waals surface area contributed by atoms with Crippen LogP contribution in [0.15, 0.2) is 66.1 Å². The molecule has 1 amide bonds. The molecule has 23 heavy (non-hydrogen) atoms. The van der Waals surface area contributed by atoms with Crippen LogP contribution in [0.25, 0.3) is 16.2 Å². The summed E-state index contributed by atoms with van der Waals surface area (Å²) in [6.07, 6.45) is 3.54. The van der Waals surface area contributed by atoms with Crippen LogP contribution in [0.5, 0.6) is 0 Å². The van der Waals surface area contributed by atoms with Gasteiger partial charge in [-0.25, -0.2) is 4.79 Å². The SMILES string of the molecule is O=C(NCC=Cc1cccc2ccsc12)OCc1ccccc1. The van der Waals surface area contributed by atoms with Crippen molar-refractivity contribution < 1.29 is 9.53 Å². The van der Waals surface area contributed by atoms with Crippen LogP contribution in [0, 0.1) is 0 Å². The van der Waals surface area contributed by atoms with Gasteiger partial charge in [-0.2, -0.15) is 0 Å². The number of hydrogen-bond donors (Lipinski definition) is 1. The van der Waals surface area contributed by atoms with Crippen molar-refractivity contribution in [1.82, 2.24) is 5.32 Å². The summed E-state index contributed by atoms with van der Waals surface area (Å²) in [5.74, 6) is 0. The Balaban J connectivity index is 1.47. The summed E-state index contributed by atoms with van der Waals surface area (Å²) >= 11 is 1.72. The number of carbonyl (C=O) groups excluding carboxylic acids is 1. The predicted octanol–water partition coefficient (Wildman–Crippen LogP) is 4.84. The molecule has 0 fully saturated rings. The number of alkyl carbamates (subject to hydrolysis) is 1. The zero-order valence-corrected chi connectivity index (χ0v) is 13.4. The number of nitrogens with one attached hydrogen (secondary N) is 1. The second-order valence-electron chi connectivity index (χ2n) is 5.03. The summed E-state index contributed by atoms with van der Waals surface area (Å²) in [7, 11) is 0. The number of amides is 1. The molecule has 0 aliphatic heterocycles. The monoisotopic (exact) mass is 323 g/mol. The fourth-order valence-corrected chi connectivity index (χ4v) is 3.14. The van der Waals surface area contributed by atoms with Gasteiger partial charge in [0.05, 0.1) is 0 Å². The minimum absolute atomic E-state index is 0.283. The van der Waals surface area contributed by atoms with Crippen LogP contribution < -0.4 is 5.32 Å². The van der Waals surface area contributed by atoms with Crippen LogP contribution in [0.4, 0.5) is 4.79 Å². The normalized spacial score (nSPS) is 11.0. The maximum absolute atomic E-state index is 11.6. The van der Waals surface area contributed by atoms with Gasteiger partial charge in [-0.05, 0) is 28.0 Å². The van der Waals surface area contributed by atoms with E-state index in [4.69, 9.17) is 4.74 Å². The third kappa shape index (κ3) is 4.20. The Hall–Kier alpha value is -2.59. The standard InChI is InChI=1S/C19H17NO2S/c21-19(22-14-15-6-2-1-3-7-15)20-12-5-10-16-8-4-9-17-11-13-23-18(16)17/h1-11,13H,12,14H2,(H,20,21). The van der Waals surface area contributed by atoms with Crippen LogP contribution in [-0.2, 0) is 11.3 Å². The van der Waals surface area contributed by atoms with Crippen LogP contribution in [0.2, 0.25) is 0 Å². The first-order valence-electron chi connectivity index (χ1n) is 7.40. The molecule has 3 rings (SSSR count). The first kappa shape index (κ1) is 15.3. The van der Waals surface area contributed by atoms with Crippen LogP contribution in [0.1, 0.15) is 11.1 Å². The number of rotatable bonds is 5. The fraction of sp³-hybridized carbons (Fsp3) is 0.105. The smallest absolute Gasteiger partial charge is 0.407 e. The van der Waals surface area contributed by atoms with Crippen LogP contribution in [-0.4, -0.2) is 12.6 Å². The highest BCUT2D eigenvalue weighted by Crippen LogP contribution is 2.25. The molecule has 0 saturated carbocycles. The lowest BCUT2D eigenvalue weighted by Gasteiger charge is -2.05. The Morgan fingerprint density at radius 3 is 2.83 bits per heavy atom. The molecule has 0 radical (unpaired) electrons. The fourth-order valence-electron chi connectivity index (χ4n) is 2.25. The second kappa shape index (κ2) is 7.61. The maximum Gasteiger partial charge on any atom is 0.407 e. The van der Waals surface area contributed by atoms with E-state index in [1.54, 1.807) is 11.3 Å². The summed E-state index contributed by atoms with van der Waals surface area (Å²) in [4.78, 5) is 11.6. The van der Waals surface area contributed by atoms with Gasteiger partial charge >= 0.3 is 6.09 Å². The average Bonchev–Trinajstić information content (AvgIpc) is 3.07. The molecule has 1 heterocycles. The lowest BCUT2D eigenvalue weighted by atomic mass is 10.1. The number of fused-ring (bicyclic) bond motifs is 1. The van der Waals surface area contributed by atoms with Crippen molar-refractivity contribution in [2.75, 3.05) is 6.54 Å². The summed E-state index contributed by atoms with van der Waals surface area (Å²) in [5, 5.41) is 6.05. The predicted molar refractivity (Wildman–Crippen MR) is 95.5 cm³/mol. The number of carbonyl (C=O) groups is 1. The van der Waals surface area contributed by atoms with E-state index in [9.17, 15) is 4.79 Å². The molecule has 0 unspecified atom stereocenters. The molecule has 2 aromatic carbocycles. The van der Waals surface area contributed by atoms with Gasteiger partial charge in [0, 0.05) is 11.2 Å². The average molecular weight is 323 g/mol. The number of thiophene rings is 1. The van der Waals surface area contributed by atoms with Gasteiger partial charge in [-0.15, -0.1) is 11.3 Å². The van der Waals surface area contributed by atoms with Crippen molar-refractivity contribution in [1.29, 1.82) is 0 Å². The number of ether oxygens (including phenoxy) is 1. The molecular weight excluding hydrogens is 306 g/mol. The lowest BCUT2D eigenvalue weighted by molar-refractivity contribution is 0.141. The highest BCUT2D eigenvalue weighted by atomic mass is 32.1. The van der Waals surface area contributed by atoms with Gasteiger partial charge in [-0.1, -0.05) is 60.7 Å². The molecule has 1 N–H and O–H groups in total. The number of hydrogen-bond acceptors (Lipinski definition) is 3. The Morgan fingerprint density at radius 1 is 1.09 bits per heavy atom. The molecule has 0 bridgehead atoms. The Kier molecular flexibility index (Phi) is 5.06. The highest BCUT2D eigenvalue weighted by Gasteiger charge is 2.01. The van der Waals surface area contributed by atoms with E-state index in [2.05, 4.69) is 28.9 Å². The van der Waals surface area contributed by atoms with Crippen molar-refractivity contribution in [3.63, 3.8) is 0 Å². The first-order chi connectivity index (χ1) is 11.3. The molecule has 0 spiro atoms. The summed E-state index contributed by atoms with van der Waals surface area (Å²) in [6.45, 7) is 0.722. The highest BCUT2D eigenvalue weighted by molar-refractivity contribution is 7.17. The summed E-state index contributed by atoms with van der Waals surface area (Å²) in [6, 6.07) is 17.9. The van der Waals surface area contributed by atoms with Gasteiger partial charge in [0.1, 0.15) is 6.61 Å². The molecule has 3 aromatic rings. The quantitative estimate of drug-likeness (QED) is 0.729. The second-order valence-corrected chi connectivity index (χ2v) is 5.95. The van der Waals surface area contributed by atoms with E-state index in [1.807, 2.05) is 48.6 Å². The van der Waals surface area contributed by atoms with Crippen molar-refractivity contribution in [2.24, 2.45) is 0 Å². The van der Waals surface area contributed by atoms with Crippen molar-refractivity contribution in [3.8, 4) is 0 Å².